The van der Waals surface area contributed by atoms with Crippen molar-refractivity contribution < 1.29 is 14.3 Å². The molecule has 0 bridgehead atoms. The van der Waals surface area contributed by atoms with Crippen LogP contribution in [0.3, 0.4) is 0 Å². The van der Waals surface area contributed by atoms with E-state index < -0.39 is 0 Å². The highest BCUT2D eigenvalue weighted by atomic mass is 16.5. The molecule has 156 valence electrons. The second kappa shape index (κ2) is 8.87. The van der Waals surface area contributed by atoms with Gasteiger partial charge in [-0.15, -0.1) is 0 Å². The summed E-state index contributed by atoms with van der Waals surface area (Å²) < 4.78 is 13.0. The number of nitrogens with one attached hydrogen (secondary N) is 1. The summed E-state index contributed by atoms with van der Waals surface area (Å²) >= 11 is 0. The van der Waals surface area contributed by atoms with Crippen molar-refractivity contribution in [3.05, 3.63) is 48.0 Å². The zero-order valence-corrected chi connectivity index (χ0v) is 17.7. The van der Waals surface area contributed by atoms with Crippen molar-refractivity contribution in [3.8, 4) is 17.6 Å². The number of hydrogen-bond donors (Lipinski definition) is 1. The predicted molar refractivity (Wildman–Crippen MR) is 116 cm³/mol. The topological polar surface area (TPSA) is 89.2 Å². The molecule has 7 heteroatoms. The third-order valence-electron chi connectivity index (χ3n) is 4.58. The molecule has 0 radical (unpaired) electrons. The summed E-state index contributed by atoms with van der Waals surface area (Å²) in [5.74, 6) is 1.47. The van der Waals surface area contributed by atoms with E-state index in [1.54, 1.807) is 18.2 Å². The number of anilines is 1. The van der Waals surface area contributed by atoms with Crippen LogP contribution in [0, 0.1) is 11.3 Å². The largest absolute Gasteiger partial charge is 0.493 e. The van der Waals surface area contributed by atoms with E-state index in [0.29, 0.717) is 42.5 Å². The van der Waals surface area contributed by atoms with Crippen molar-refractivity contribution in [1.82, 2.24) is 9.55 Å². The third-order valence-corrected chi connectivity index (χ3v) is 4.58. The van der Waals surface area contributed by atoms with Crippen molar-refractivity contribution in [2.45, 2.75) is 39.2 Å². The minimum atomic E-state index is -0.228. The van der Waals surface area contributed by atoms with E-state index in [1.807, 2.05) is 28.8 Å². The number of para-hydroxylation sites is 2. The fraction of sp³-hybridized carbons (Fsp3) is 0.348. The van der Waals surface area contributed by atoms with Crippen LogP contribution in [0.5, 0.6) is 11.5 Å². The first-order valence-electron chi connectivity index (χ1n) is 9.82. The van der Waals surface area contributed by atoms with Crippen LogP contribution in [-0.2, 0) is 10.3 Å². The van der Waals surface area contributed by atoms with Gasteiger partial charge in [0, 0.05) is 18.0 Å². The molecule has 1 heterocycles. The van der Waals surface area contributed by atoms with Gasteiger partial charge in [-0.05, 0) is 51.5 Å². The van der Waals surface area contributed by atoms with Crippen LogP contribution in [0.1, 0.15) is 39.2 Å². The first-order chi connectivity index (χ1) is 14.3. The van der Waals surface area contributed by atoms with Crippen LogP contribution in [0.2, 0.25) is 0 Å². The molecule has 0 fully saturated rings. The van der Waals surface area contributed by atoms with Crippen LogP contribution >= 0.6 is 0 Å². The van der Waals surface area contributed by atoms with Crippen molar-refractivity contribution >= 4 is 22.9 Å². The number of carbonyl (C=O) groups excluding carboxylic acids is 1. The molecular weight excluding hydrogens is 380 g/mol. The zero-order valence-electron chi connectivity index (χ0n) is 17.7. The summed E-state index contributed by atoms with van der Waals surface area (Å²) in [4.78, 5) is 17.1. The fourth-order valence-electron chi connectivity index (χ4n) is 3.25. The van der Waals surface area contributed by atoms with Gasteiger partial charge in [0.1, 0.15) is 0 Å². The van der Waals surface area contributed by atoms with Gasteiger partial charge in [0.15, 0.2) is 11.5 Å². The number of methoxy groups -OCH3 is 1. The number of fused-ring (bicyclic) bond motifs is 1. The van der Waals surface area contributed by atoms with Gasteiger partial charge in [-0.2, -0.15) is 5.26 Å². The van der Waals surface area contributed by atoms with Crippen LogP contribution < -0.4 is 14.8 Å². The molecule has 3 rings (SSSR count). The molecular formula is C23H26N4O3. The molecule has 1 amide bonds. The van der Waals surface area contributed by atoms with Gasteiger partial charge in [-0.1, -0.05) is 12.1 Å². The summed E-state index contributed by atoms with van der Waals surface area (Å²) in [6.07, 6.45) is 0.830. The standard InChI is InChI=1S/C23H26N4O3/c1-23(2,3)27-18-9-6-5-8-17(18)25-22(27)26-21(28)10-7-13-30-19-12-11-16(15-24)14-20(19)29-4/h5-6,8-9,11-12,14H,7,10,13H2,1-4H3,(H,25,26,28). The Morgan fingerprint density at radius 1 is 1.20 bits per heavy atom. The molecule has 30 heavy (non-hydrogen) atoms. The molecule has 0 aliphatic carbocycles. The number of nitrogens with zero attached hydrogens (tertiary/aromatic N) is 3. The van der Waals surface area contributed by atoms with Gasteiger partial charge < -0.3 is 14.0 Å². The van der Waals surface area contributed by atoms with Crippen LogP contribution in [0.4, 0.5) is 5.95 Å². The first kappa shape index (κ1) is 21.2. The van der Waals surface area contributed by atoms with Crippen molar-refractivity contribution in [2.24, 2.45) is 0 Å². The van der Waals surface area contributed by atoms with Gasteiger partial charge in [0.05, 0.1) is 36.4 Å². The quantitative estimate of drug-likeness (QED) is 0.585. The lowest BCUT2D eigenvalue weighted by molar-refractivity contribution is -0.116. The van der Waals surface area contributed by atoms with Gasteiger partial charge in [0.25, 0.3) is 0 Å². The average Bonchev–Trinajstić information content (AvgIpc) is 3.09. The Morgan fingerprint density at radius 3 is 2.67 bits per heavy atom. The van der Waals surface area contributed by atoms with E-state index in [4.69, 9.17) is 14.7 Å². The number of rotatable bonds is 7. The lowest BCUT2D eigenvalue weighted by Crippen LogP contribution is -2.26. The SMILES string of the molecule is COc1cc(C#N)ccc1OCCCC(=O)Nc1nc2ccccc2n1C(C)(C)C. The number of amides is 1. The van der Waals surface area contributed by atoms with E-state index in [1.165, 1.54) is 7.11 Å². The molecule has 0 aliphatic rings. The number of aromatic nitrogens is 2. The first-order valence-corrected chi connectivity index (χ1v) is 9.82. The second-order valence-electron chi connectivity index (χ2n) is 7.91. The number of carbonyl (C=O) groups is 1. The summed E-state index contributed by atoms with van der Waals surface area (Å²) in [5.41, 5.74) is 2.10. The Morgan fingerprint density at radius 2 is 1.97 bits per heavy atom. The third kappa shape index (κ3) is 4.71. The zero-order chi connectivity index (χ0) is 21.7. The number of imidazole rings is 1. The van der Waals surface area contributed by atoms with Gasteiger partial charge in [-0.25, -0.2) is 4.98 Å². The van der Waals surface area contributed by atoms with Crippen LogP contribution in [0.25, 0.3) is 11.0 Å². The maximum absolute atomic E-state index is 12.5. The molecule has 1 N–H and O–H groups in total. The maximum atomic E-state index is 12.5. The number of benzene rings is 2. The monoisotopic (exact) mass is 406 g/mol. The molecule has 0 aliphatic heterocycles. The van der Waals surface area contributed by atoms with Crippen LogP contribution in [0.15, 0.2) is 42.5 Å². The number of nitriles is 1. The molecule has 0 saturated heterocycles. The lowest BCUT2D eigenvalue weighted by atomic mass is 10.1. The number of ether oxygens (including phenoxy) is 2. The van der Waals surface area contributed by atoms with Crippen molar-refractivity contribution in [1.29, 1.82) is 5.26 Å². The minimum Gasteiger partial charge on any atom is -0.493 e. The van der Waals surface area contributed by atoms with E-state index in [-0.39, 0.29) is 11.4 Å². The maximum Gasteiger partial charge on any atom is 0.226 e. The molecule has 2 aromatic carbocycles. The van der Waals surface area contributed by atoms with E-state index in [2.05, 4.69) is 37.1 Å². The Bertz CT molecular complexity index is 1090. The van der Waals surface area contributed by atoms with E-state index in [9.17, 15) is 4.79 Å². The summed E-state index contributed by atoms with van der Waals surface area (Å²) in [5, 5.41) is 11.9. The van der Waals surface area contributed by atoms with Gasteiger partial charge in [0.2, 0.25) is 11.9 Å². The fourth-order valence-corrected chi connectivity index (χ4v) is 3.25. The summed E-state index contributed by atoms with van der Waals surface area (Å²) in [6, 6.07) is 14.9. The van der Waals surface area contributed by atoms with Gasteiger partial charge in [-0.3, -0.25) is 10.1 Å². The molecule has 3 aromatic rings. The van der Waals surface area contributed by atoms with Crippen molar-refractivity contribution in [2.75, 3.05) is 19.0 Å². The highest BCUT2D eigenvalue weighted by Crippen LogP contribution is 2.29. The predicted octanol–water partition coefficient (Wildman–Crippen LogP) is 4.47. The molecule has 0 spiro atoms. The summed E-state index contributed by atoms with van der Waals surface area (Å²) in [6.45, 7) is 6.59. The number of hydrogen-bond acceptors (Lipinski definition) is 5. The highest BCUT2D eigenvalue weighted by molar-refractivity contribution is 5.91. The smallest absolute Gasteiger partial charge is 0.226 e. The molecule has 0 saturated carbocycles. The molecule has 7 nitrogen and oxygen atoms in total. The Labute approximate surface area is 176 Å². The lowest BCUT2D eigenvalue weighted by Gasteiger charge is -2.24. The minimum absolute atomic E-state index is 0.119. The Hall–Kier alpha value is -3.53. The van der Waals surface area contributed by atoms with E-state index in [0.717, 1.165) is 11.0 Å². The Kier molecular flexibility index (Phi) is 6.26. The molecule has 1 aromatic heterocycles. The van der Waals surface area contributed by atoms with Gasteiger partial charge >= 0.3 is 0 Å². The molecule has 0 unspecified atom stereocenters. The average molecular weight is 406 g/mol. The highest BCUT2D eigenvalue weighted by Gasteiger charge is 2.22. The molecule has 0 atom stereocenters. The Balaban J connectivity index is 1.60. The normalized spacial score (nSPS) is 11.2. The van der Waals surface area contributed by atoms with E-state index >= 15 is 0 Å². The second-order valence-corrected chi connectivity index (χ2v) is 7.91. The van der Waals surface area contributed by atoms with Crippen LogP contribution in [-0.4, -0.2) is 29.2 Å². The summed E-state index contributed by atoms with van der Waals surface area (Å²) in [7, 11) is 1.53. The van der Waals surface area contributed by atoms with Crippen molar-refractivity contribution in [3.63, 3.8) is 0 Å².